The summed E-state index contributed by atoms with van der Waals surface area (Å²) in [6.45, 7) is 2.59. The molecule has 1 aliphatic heterocycles. The third-order valence-electron chi connectivity index (χ3n) is 6.32. The van der Waals surface area contributed by atoms with Crippen molar-refractivity contribution in [3.8, 4) is 0 Å². The zero-order valence-electron chi connectivity index (χ0n) is 19.1. The van der Waals surface area contributed by atoms with Gasteiger partial charge in [-0.15, -0.1) is 0 Å². The van der Waals surface area contributed by atoms with Crippen LogP contribution in [0, 0.1) is 0 Å². The van der Waals surface area contributed by atoms with E-state index in [4.69, 9.17) is 4.42 Å². The highest BCUT2D eigenvalue weighted by Crippen LogP contribution is 2.37. The molecule has 0 unspecified atom stereocenters. The van der Waals surface area contributed by atoms with E-state index in [1.165, 1.54) is 18.2 Å². The quantitative estimate of drug-likeness (QED) is 0.344. The molecule has 0 amide bonds. The molecule has 6 nitrogen and oxygen atoms in total. The van der Waals surface area contributed by atoms with Crippen molar-refractivity contribution in [1.29, 1.82) is 0 Å². The fourth-order valence-electron chi connectivity index (χ4n) is 4.51. The van der Waals surface area contributed by atoms with Crippen molar-refractivity contribution < 1.29 is 27.5 Å². The molecule has 0 radical (unpaired) electrons. The summed E-state index contributed by atoms with van der Waals surface area (Å²) >= 11 is 0. The van der Waals surface area contributed by atoms with Crippen LogP contribution in [0.4, 0.5) is 24.7 Å². The Bertz CT molecular complexity index is 1520. The number of nitrogens with one attached hydrogen (secondary N) is 1. The largest absolute Gasteiger partial charge is 0.478 e. The second kappa shape index (κ2) is 8.75. The second-order valence-electron chi connectivity index (χ2n) is 8.73. The van der Waals surface area contributed by atoms with Gasteiger partial charge in [0.15, 0.2) is 5.43 Å². The molecule has 5 rings (SSSR count). The van der Waals surface area contributed by atoms with Gasteiger partial charge in [0.05, 0.1) is 22.6 Å². The van der Waals surface area contributed by atoms with Gasteiger partial charge in [-0.1, -0.05) is 36.4 Å². The number of anilines is 2. The van der Waals surface area contributed by atoms with Gasteiger partial charge in [0.25, 0.3) is 0 Å². The van der Waals surface area contributed by atoms with E-state index in [-0.39, 0.29) is 33.7 Å². The van der Waals surface area contributed by atoms with Gasteiger partial charge >= 0.3 is 12.1 Å². The fourth-order valence-corrected chi connectivity index (χ4v) is 4.51. The Kier molecular flexibility index (Phi) is 5.70. The summed E-state index contributed by atoms with van der Waals surface area (Å²) in [6.07, 6.45) is -4.69. The Labute approximate surface area is 203 Å². The predicted octanol–water partition coefficient (Wildman–Crippen LogP) is 6.20. The minimum Gasteiger partial charge on any atom is -0.478 e. The number of nitrogens with zero attached hydrogens (tertiary/aromatic N) is 1. The minimum absolute atomic E-state index is 0.0225. The maximum Gasteiger partial charge on any atom is 0.416 e. The number of fused-ring (bicyclic) bond motifs is 2. The molecule has 36 heavy (non-hydrogen) atoms. The van der Waals surface area contributed by atoms with E-state index >= 15 is 0 Å². The molecule has 9 heteroatoms. The van der Waals surface area contributed by atoms with E-state index < -0.39 is 29.2 Å². The maximum absolute atomic E-state index is 13.7. The summed E-state index contributed by atoms with van der Waals surface area (Å²) in [5.74, 6) is -0.926. The summed E-state index contributed by atoms with van der Waals surface area (Å²) in [5, 5.41) is 12.3. The molecule has 1 aromatic heterocycles. The molecule has 1 atom stereocenters. The van der Waals surface area contributed by atoms with E-state index in [0.29, 0.717) is 13.1 Å². The third kappa shape index (κ3) is 4.28. The lowest BCUT2D eigenvalue weighted by atomic mass is 10.00. The Hall–Kier alpha value is -4.27. The molecule has 2 heterocycles. The maximum atomic E-state index is 13.7. The van der Waals surface area contributed by atoms with Crippen molar-refractivity contribution in [2.24, 2.45) is 0 Å². The van der Waals surface area contributed by atoms with Crippen LogP contribution in [-0.2, 0) is 19.3 Å². The Morgan fingerprint density at radius 1 is 1.03 bits per heavy atom. The highest BCUT2D eigenvalue weighted by atomic mass is 19.4. The van der Waals surface area contributed by atoms with Crippen LogP contribution in [0.2, 0.25) is 0 Å². The summed E-state index contributed by atoms with van der Waals surface area (Å²) in [6, 6.07) is 16.0. The lowest BCUT2D eigenvalue weighted by Gasteiger charge is -2.22. The molecule has 3 aromatic carbocycles. The zero-order chi connectivity index (χ0) is 25.6. The minimum atomic E-state index is -4.69. The first kappa shape index (κ1) is 23.5. The van der Waals surface area contributed by atoms with Gasteiger partial charge in [-0.3, -0.25) is 4.79 Å². The number of hydrogen-bond donors (Lipinski definition) is 2. The molecule has 0 bridgehead atoms. The van der Waals surface area contributed by atoms with Crippen LogP contribution in [0.15, 0.2) is 75.9 Å². The van der Waals surface area contributed by atoms with Gasteiger partial charge in [-0.2, -0.15) is 13.2 Å². The Balaban J connectivity index is 1.63. The molecule has 2 N–H and O–H groups in total. The van der Waals surface area contributed by atoms with E-state index in [1.54, 1.807) is 19.1 Å². The highest BCUT2D eigenvalue weighted by molar-refractivity contribution is 5.94. The third-order valence-corrected chi connectivity index (χ3v) is 6.32. The number of carboxylic acid groups (broad SMARTS) is 1. The Morgan fingerprint density at radius 2 is 1.67 bits per heavy atom. The average Bonchev–Trinajstić information content (AvgIpc) is 3.27. The normalized spacial score (nSPS) is 14.1. The predicted molar refractivity (Wildman–Crippen MR) is 129 cm³/mol. The van der Waals surface area contributed by atoms with Crippen LogP contribution in [0.3, 0.4) is 0 Å². The number of rotatable bonds is 5. The van der Waals surface area contributed by atoms with E-state index in [1.807, 2.05) is 29.2 Å². The second-order valence-corrected chi connectivity index (χ2v) is 8.73. The molecule has 0 aliphatic carbocycles. The summed E-state index contributed by atoms with van der Waals surface area (Å²) in [5.41, 5.74) is 0.895. The Morgan fingerprint density at radius 3 is 2.31 bits per heavy atom. The summed E-state index contributed by atoms with van der Waals surface area (Å²) in [4.78, 5) is 26.5. The number of alkyl halides is 3. The lowest BCUT2D eigenvalue weighted by Crippen LogP contribution is -2.18. The van der Waals surface area contributed by atoms with Crippen molar-refractivity contribution >= 4 is 28.5 Å². The average molecular weight is 494 g/mol. The summed E-state index contributed by atoms with van der Waals surface area (Å²) in [7, 11) is 0. The van der Waals surface area contributed by atoms with Crippen LogP contribution in [0.5, 0.6) is 0 Å². The number of aromatic carboxylic acids is 1. The number of hydrogen-bond acceptors (Lipinski definition) is 5. The summed E-state index contributed by atoms with van der Waals surface area (Å²) < 4.78 is 47.3. The molecule has 0 spiro atoms. The van der Waals surface area contributed by atoms with Gasteiger partial charge in [-0.25, -0.2) is 4.79 Å². The first-order chi connectivity index (χ1) is 17.1. The van der Waals surface area contributed by atoms with Crippen LogP contribution in [0.25, 0.3) is 11.0 Å². The highest BCUT2D eigenvalue weighted by Gasteiger charge is 2.33. The van der Waals surface area contributed by atoms with Crippen molar-refractivity contribution in [2.75, 3.05) is 10.2 Å². The molecule has 4 aromatic rings. The van der Waals surface area contributed by atoms with Gasteiger partial charge in [-0.05, 0) is 42.3 Å². The molecular formula is C27H21F3N2O4. The number of carbonyl (C=O) groups is 1. The number of benzene rings is 3. The number of halogens is 3. The van der Waals surface area contributed by atoms with E-state index in [0.717, 1.165) is 23.3 Å². The zero-order valence-corrected chi connectivity index (χ0v) is 19.1. The lowest BCUT2D eigenvalue weighted by molar-refractivity contribution is -0.137. The van der Waals surface area contributed by atoms with Gasteiger partial charge in [0.1, 0.15) is 5.58 Å². The standard InChI is InChI=1S/C27H21F3N2O4/c1-15(31-22-9-5-4-8-19(22)26(34)35)20-10-18(27(28,29)30)11-21-23(33)12-24(36-25(20)21)32-13-16-6-2-3-7-17(16)14-32/h2-12,15,31H,13-14H2,1H3,(H,34,35)/t15-/m1/s1. The molecule has 184 valence electrons. The monoisotopic (exact) mass is 494 g/mol. The van der Waals surface area contributed by atoms with Crippen molar-refractivity contribution in [3.05, 3.63) is 105 Å². The fraction of sp³-hybridized carbons (Fsp3) is 0.185. The smallest absolute Gasteiger partial charge is 0.416 e. The van der Waals surface area contributed by atoms with Crippen LogP contribution in [0.1, 0.15) is 45.6 Å². The van der Waals surface area contributed by atoms with E-state index in [2.05, 4.69) is 5.32 Å². The van der Waals surface area contributed by atoms with Crippen molar-refractivity contribution in [3.63, 3.8) is 0 Å². The molecule has 0 fully saturated rings. The van der Waals surface area contributed by atoms with Gasteiger partial charge in [0.2, 0.25) is 5.88 Å². The van der Waals surface area contributed by atoms with Crippen LogP contribution in [-0.4, -0.2) is 11.1 Å². The SMILES string of the molecule is C[C@@H](Nc1ccccc1C(=O)O)c1cc(C(F)(F)F)cc2c(=O)cc(N3Cc4ccccc4C3)oc12. The topological polar surface area (TPSA) is 82.8 Å². The van der Waals surface area contributed by atoms with Gasteiger partial charge in [0, 0.05) is 30.4 Å². The number of carboxylic acids is 1. The van der Waals surface area contributed by atoms with Crippen molar-refractivity contribution in [1.82, 2.24) is 0 Å². The van der Waals surface area contributed by atoms with Crippen molar-refractivity contribution in [2.45, 2.75) is 32.2 Å². The first-order valence-electron chi connectivity index (χ1n) is 11.2. The van der Waals surface area contributed by atoms with Crippen LogP contribution < -0.4 is 15.6 Å². The first-order valence-corrected chi connectivity index (χ1v) is 11.2. The molecule has 0 saturated carbocycles. The molecule has 0 saturated heterocycles. The molecule has 1 aliphatic rings. The van der Waals surface area contributed by atoms with Gasteiger partial charge < -0.3 is 19.7 Å². The van der Waals surface area contributed by atoms with E-state index in [9.17, 15) is 27.9 Å². The number of para-hydroxylation sites is 1. The molecular weight excluding hydrogens is 473 g/mol. The van der Waals surface area contributed by atoms with Crippen LogP contribution >= 0.6 is 0 Å².